The third-order valence-corrected chi connectivity index (χ3v) is 1.72. The topological polar surface area (TPSA) is 17.8 Å². The molecule has 0 aliphatic carbocycles. The monoisotopic (exact) mass is 168 g/mol. The summed E-state index contributed by atoms with van der Waals surface area (Å²) in [7, 11) is 2.04. The quantitative estimate of drug-likeness (QED) is 0.630. The van der Waals surface area contributed by atoms with Crippen LogP contribution in [-0.4, -0.2) is 9.55 Å². The van der Waals surface area contributed by atoms with Gasteiger partial charge in [-0.15, -0.1) is 0 Å². The maximum absolute atomic E-state index is 4.20. The Balaban J connectivity index is 0.000000561. The number of aromatic nitrogens is 2. The van der Waals surface area contributed by atoms with E-state index in [0.29, 0.717) is 5.92 Å². The van der Waals surface area contributed by atoms with Crippen molar-refractivity contribution in [1.29, 1.82) is 0 Å². The Bertz CT molecular complexity index is 204. The number of rotatable bonds is 1. The fraction of sp³-hybridized carbons (Fsp3) is 0.700. The van der Waals surface area contributed by atoms with Crippen molar-refractivity contribution >= 4 is 0 Å². The Morgan fingerprint density at radius 1 is 1.33 bits per heavy atom. The molecule has 12 heavy (non-hydrogen) atoms. The largest absolute Gasteiger partial charge is 0.337 e. The predicted octanol–water partition coefficient (Wildman–Crippen LogP) is 2.88. The number of nitrogens with zero attached hydrogens (tertiary/aromatic N) is 2. The number of hydrogen-bond donors (Lipinski definition) is 0. The van der Waals surface area contributed by atoms with Gasteiger partial charge in [-0.25, -0.2) is 4.98 Å². The number of hydrogen-bond acceptors (Lipinski definition) is 1. The summed E-state index contributed by atoms with van der Waals surface area (Å²) in [6.45, 7) is 10.4. The first-order valence-electron chi connectivity index (χ1n) is 4.60. The van der Waals surface area contributed by atoms with Gasteiger partial charge in [-0.1, -0.05) is 27.7 Å². The van der Waals surface area contributed by atoms with Crippen LogP contribution in [0.5, 0.6) is 0 Å². The fourth-order valence-corrected chi connectivity index (χ4v) is 1.38. The molecule has 1 heterocycles. The van der Waals surface area contributed by atoms with Crippen LogP contribution in [0.25, 0.3) is 0 Å². The van der Waals surface area contributed by atoms with Gasteiger partial charge in [-0.05, 0) is 12.8 Å². The van der Waals surface area contributed by atoms with Crippen LogP contribution in [0.3, 0.4) is 0 Å². The summed E-state index contributed by atoms with van der Waals surface area (Å²) < 4.78 is 2.08. The molecule has 0 aliphatic heterocycles. The maximum Gasteiger partial charge on any atom is 0.0948 e. The van der Waals surface area contributed by atoms with Crippen molar-refractivity contribution in [3.8, 4) is 0 Å². The summed E-state index contributed by atoms with van der Waals surface area (Å²) in [6, 6.07) is 0. The van der Waals surface area contributed by atoms with Crippen molar-refractivity contribution in [3.05, 3.63) is 17.7 Å². The highest BCUT2D eigenvalue weighted by molar-refractivity contribution is 5.14. The fourth-order valence-electron chi connectivity index (χ4n) is 1.38. The summed E-state index contributed by atoms with van der Waals surface area (Å²) in [6.07, 6.45) is 1.87. The maximum atomic E-state index is 4.20. The van der Waals surface area contributed by atoms with Crippen LogP contribution in [0.2, 0.25) is 0 Å². The first-order chi connectivity index (χ1) is 5.63. The molecule has 1 aromatic heterocycles. The van der Waals surface area contributed by atoms with Gasteiger partial charge < -0.3 is 4.57 Å². The Labute approximate surface area is 75.6 Å². The summed E-state index contributed by atoms with van der Waals surface area (Å²) in [5.41, 5.74) is 2.48. The van der Waals surface area contributed by atoms with Gasteiger partial charge in [0, 0.05) is 12.7 Å². The van der Waals surface area contributed by atoms with Gasteiger partial charge >= 0.3 is 0 Å². The van der Waals surface area contributed by atoms with Crippen molar-refractivity contribution in [3.63, 3.8) is 0 Å². The Morgan fingerprint density at radius 3 is 2.00 bits per heavy atom. The molecule has 0 atom stereocenters. The molecule has 70 valence electrons. The zero-order valence-corrected chi connectivity index (χ0v) is 9.05. The van der Waals surface area contributed by atoms with Crippen molar-refractivity contribution < 1.29 is 0 Å². The lowest BCUT2D eigenvalue weighted by molar-refractivity contribution is 0.735. The minimum absolute atomic E-state index is 0.576. The lowest BCUT2D eigenvalue weighted by Gasteiger charge is -2.06. The average molecular weight is 168 g/mol. The first kappa shape index (κ1) is 11.2. The smallest absolute Gasteiger partial charge is 0.0948 e. The zero-order valence-electron chi connectivity index (χ0n) is 9.05. The second-order valence-corrected chi connectivity index (χ2v) is 2.98. The van der Waals surface area contributed by atoms with E-state index in [2.05, 4.69) is 30.3 Å². The molecule has 0 aromatic carbocycles. The Kier molecular flexibility index (Phi) is 4.64. The van der Waals surface area contributed by atoms with Crippen LogP contribution < -0.4 is 0 Å². The standard InChI is InChI=1S/C8H14N2.C2H6/c1-6(2)8-7(3)9-5-10(8)4;1-2/h5-6H,1-4H3;1-2H3. The second-order valence-electron chi connectivity index (χ2n) is 2.98. The molecule has 0 unspecified atom stereocenters. The van der Waals surface area contributed by atoms with Gasteiger partial charge in [0.2, 0.25) is 0 Å². The summed E-state index contributed by atoms with van der Waals surface area (Å²) in [4.78, 5) is 4.20. The molecule has 1 aromatic rings. The molecule has 0 saturated carbocycles. The Hall–Kier alpha value is -0.790. The molecule has 2 nitrogen and oxygen atoms in total. The molecular formula is C10H20N2. The highest BCUT2D eigenvalue weighted by Crippen LogP contribution is 2.15. The Morgan fingerprint density at radius 2 is 1.83 bits per heavy atom. The van der Waals surface area contributed by atoms with Gasteiger partial charge in [0.05, 0.1) is 12.0 Å². The van der Waals surface area contributed by atoms with Crippen LogP contribution in [0.4, 0.5) is 0 Å². The van der Waals surface area contributed by atoms with Gasteiger partial charge in [0.15, 0.2) is 0 Å². The molecule has 0 amide bonds. The summed E-state index contributed by atoms with van der Waals surface area (Å²) in [5.74, 6) is 0.576. The molecular weight excluding hydrogens is 148 g/mol. The van der Waals surface area contributed by atoms with E-state index >= 15 is 0 Å². The molecule has 0 N–H and O–H groups in total. The van der Waals surface area contributed by atoms with Gasteiger partial charge in [0.25, 0.3) is 0 Å². The zero-order chi connectivity index (χ0) is 9.72. The van der Waals surface area contributed by atoms with Gasteiger partial charge in [-0.3, -0.25) is 0 Å². The first-order valence-corrected chi connectivity index (χ1v) is 4.60. The van der Waals surface area contributed by atoms with E-state index in [-0.39, 0.29) is 0 Å². The summed E-state index contributed by atoms with van der Waals surface area (Å²) >= 11 is 0. The van der Waals surface area contributed by atoms with Crippen LogP contribution >= 0.6 is 0 Å². The van der Waals surface area contributed by atoms with Crippen molar-refractivity contribution in [2.24, 2.45) is 7.05 Å². The normalized spacial score (nSPS) is 9.58. The van der Waals surface area contributed by atoms with Crippen molar-refractivity contribution in [1.82, 2.24) is 9.55 Å². The van der Waals surface area contributed by atoms with Gasteiger partial charge in [-0.2, -0.15) is 0 Å². The molecule has 0 saturated heterocycles. The lowest BCUT2D eigenvalue weighted by atomic mass is 10.1. The molecule has 0 fully saturated rings. The minimum atomic E-state index is 0.576. The lowest BCUT2D eigenvalue weighted by Crippen LogP contribution is -1.98. The van der Waals surface area contributed by atoms with E-state index in [1.807, 2.05) is 27.2 Å². The predicted molar refractivity (Wildman–Crippen MR) is 53.4 cm³/mol. The minimum Gasteiger partial charge on any atom is -0.337 e. The van der Waals surface area contributed by atoms with Gasteiger partial charge in [0.1, 0.15) is 0 Å². The van der Waals surface area contributed by atoms with E-state index in [4.69, 9.17) is 0 Å². The molecule has 0 aliphatic rings. The van der Waals surface area contributed by atoms with Crippen LogP contribution in [0, 0.1) is 6.92 Å². The molecule has 0 bridgehead atoms. The van der Waals surface area contributed by atoms with E-state index in [9.17, 15) is 0 Å². The highest BCUT2D eigenvalue weighted by Gasteiger charge is 2.07. The van der Waals surface area contributed by atoms with Crippen LogP contribution in [-0.2, 0) is 7.05 Å². The van der Waals surface area contributed by atoms with E-state index in [1.54, 1.807) is 0 Å². The van der Waals surface area contributed by atoms with Crippen LogP contribution in [0.15, 0.2) is 6.33 Å². The van der Waals surface area contributed by atoms with Crippen molar-refractivity contribution in [2.45, 2.75) is 40.5 Å². The van der Waals surface area contributed by atoms with Crippen molar-refractivity contribution in [2.75, 3.05) is 0 Å². The highest BCUT2D eigenvalue weighted by atomic mass is 15.0. The van der Waals surface area contributed by atoms with E-state index < -0.39 is 0 Å². The summed E-state index contributed by atoms with van der Waals surface area (Å²) in [5, 5.41) is 0. The molecule has 2 heteroatoms. The SMILES string of the molecule is CC.Cc1ncn(C)c1C(C)C. The number of aryl methyl sites for hydroxylation is 2. The number of imidazole rings is 1. The van der Waals surface area contributed by atoms with E-state index in [0.717, 1.165) is 5.69 Å². The van der Waals surface area contributed by atoms with E-state index in [1.165, 1.54) is 5.69 Å². The third-order valence-electron chi connectivity index (χ3n) is 1.72. The second kappa shape index (κ2) is 4.96. The molecule has 0 radical (unpaired) electrons. The van der Waals surface area contributed by atoms with Crippen LogP contribution in [0.1, 0.15) is 45.0 Å². The molecule has 1 rings (SSSR count). The third kappa shape index (κ3) is 2.36. The average Bonchev–Trinajstić information content (AvgIpc) is 2.35. The molecule has 0 spiro atoms.